The van der Waals surface area contributed by atoms with Gasteiger partial charge in [0.05, 0.1) is 5.92 Å². The molecule has 2 aliphatic rings. The van der Waals surface area contributed by atoms with Gasteiger partial charge in [-0.25, -0.2) is 0 Å². The average Bonchev–Trinajstić information content (AvgIpc) is 2.38. The van der Waals surface area contributed by atoms with Crippen LogP contribution in [0.4, 0.5) is 0 Å². The van der Waals surface area contributed by atoms with Crippen molar-refractivity contribution in [3.05, 3.63) is 0 Å². The van der Waals surface area contributed by atoms with Crippen molar-refractivity contribution in [2.45, 2.75) is 26.2 Å². The predicted octanol–water partition coefficient (Wildman–Crippen LogP) is 1.08. The number of carbonyl (C=O) groups is 2. The van der Waals surface area contributed by atoms with E-state index in [1.165, 1.54) is 0 Å². The summed E-state index contributed by atoms with van der Waals surface area (Å²) >= 11 is 0. The summed E-state index contributed by atoms with van der Waals surface area (Å²) in [6.07, 6.45) is 2.18. The van der Waals surface area contributed by atoms with E-state index in [4.69, 9.17) is 5.11 Å². The zero-order valence-electron chi connectivity index (χ0n) is 7.04. The van der Waals surface area contributed by atoms with Crippen molar-refractivity contribution in [2.75, 3.05) is 0 Å². The van der Waals surface area contributed by atoms with E-state index >= 15 is 0 Å². The molecule has 2 aliphatic carbocycles. The van der Waals surface area contributed by atoms with Crippen LogP contribution < -0.4 is 0 Å². The van der Waals surface area contributed by atoms with Gasteiger partial charge in [0.2, 0.25) is 0 Å². The third-order valence-corrected chi connectivity index (χ3v) is 3.54. The van der Waals surface area contributed by atoms with Gasteiger partial charge < -0.3 is 5.11 Å². The molecule has 0 aliphatic heterocycles. The number of carboxylic acids is 1. The van der Waals surface area contributed by atoms with Gasteiger partial charge in [0.1, 0.15) is 5.78 Å². The molecular formula is C9H12O3. The van der Waals surface area contributed by atoms with Gasteiger partial charge in [0, 0.05) is 11.8 Å². The van der Waals surface area contributed by atoms with Crippen LogP contribution in [-0.4, -0.2) is 16.9 Å². The van der Waals surface area contributed by atoms with Crippen LogP contribution in [0.2, 0.25) is 0 Å². The second kappa shape index (κ2) is 2.09. The number of carbonyl (C=O) groups excluding carboxylic acids is 1. The molecule has 2 bridgehead atoms. The van der Waals surface area contributed by atoms with Gasteiger partial charge in [-0.05, 0) is 18.8 Å². The van der Waals surface area contributed by atoms with Crippen LogP contribution in [0.15, 0.2) is 0 Å². The lowest BCUT2D eigenvalue weighted by Crippen LogP contribution is -2.31. The van der Waals surface area contributed by atoms with Crippen LogP contribution in [0.3, 0.4) is 0 Å². The average molecular weight is 168 g/mol. The van der Waals surface area contributed by atoms with E-state index in [0.717, 1.165) is 12.8 Å². The Kier molecular flexibility index (Phi) is 1.35. The summed E-state index contributed by atoms with van der Waals surface area (Å²) in [5.41, 5.74) is -0.531. The minimum absolute atomic E-state index is 0.125. The monoisotopic (exact) mass is 168 g/mol. The molecule has 12 heavy (non-hydrogen) atoms. The minimum Gasteiger partial charge on any atom is -0.481 e. The fourth-order valence-corrected chi connectivity index (χ4v) is 2.81. The van der Waals surface area contributed by atoms with Crippen LogP contribution in [0.5, 0.6) is 0 Å². The highest BCUT2D eigenvalue weighted by atomic mass is 16.4. The molecule has 3 nitrogen and oxygen atoms in total. The smallest absolute Gasteiger partial charge is 0.307 e. The second-order valence-corrected chi connectivity index (χ2v) is 4.16. The Hall–Kier alpha value is -0.860. The maximum atomic E-state index is 11.4. The number of ketones is 1. The topological polar surface area (TPSA) is 54.4 Å². The molecule has 0 aromatic rings. The molecule has 2 rings (SSSR count). The maximum absolute atomic E-state index is 11.4. The fraction of sp³-hybridized carbons (Fsp3) is 0.778. The molecule has 3 atom stereocenters. The van der Waals surface area contributed by atoms with Crippen LogP contribution >= 0.6 is 0 Å². The van der Waals surface area contributed by atoms with E-state index in [1.807, 2.05) is 0 Å². The Balaban J connectivity index is 2.38. The number of rotatable bonds is 1. The van der Waals surface area contributed by atoms with Crippen molar-refractivity contribution >= 4 is 11.8 Å². The van der Waals surface area contributed by atoms with Crippen molar-refractivity contribution in [2.24, 2.45) is 17.3 Å². The van der Waals surface area contributed by atoms with Gasteiger partial charge in [-0.15, -0.1) is 0 Å². The van der Waals surface area contributed by atoms with Crippen molar-refractivity contribution in [3.63, 3.8) is 0 Å². The molecule has 0 aromatic carbocycles. The van der Waals surface area contributed by atoms with E-state index in [9.17, 15) is 9.59 Å². The van der Waals surface area contributed by atoms with Crippen LogP contribution in [-0.2, 0) is 9.59 Å². The Morgan fingerprint density at radius 2 is 2.33 bits per heavy atom. The summed E-state index contributed by atoms with van der Waals surface area (Å²) in [5, 5.41) is 8.92. The lowest BCUT2D eigenvalue weighted by atomic mass is 9.80. The number of aliphatic carboxylic acids is 1. The summed E-state index contributed by atoms with van der Waals surface area (Å²) in [6, 6.07) is 0. The lowest BCUT2D eigenvalue weighted by Gasteiger charge is -2.21. The minimum atomic E-state index is -0.786. The zero-order chi connectivity index (χ0) is 8.93. The Labute approximate surface area is 70.8 Å². The third-order valence-electron chi connectivity index (χ3n) is 3.54. The number of Topliss-reactive ketones (excluding diaryl/α,β-unsaturated/α-hetero) is 1. The van der Waals surface area contributed by atoms with Crippen molar-refractivity contribution in [1.82, 2.24) is 0 Å². The van der Waals surface area contributed by atoms with Crippen LogP contribution in [0, 0.1) is 17.3 Å². The highest BCUT2D eigenvalue weighted by Gasteiger charge is 2.59. The van der Waals surface area contributed by atoms with E-state index < -0.39 is 17.3 Å². The molecule has 1 N–H and O–H groups in total. The van der Waals surface area contributed by atoms with Crippen LogP contribution in [0.1, 0.15) is 26.2 Å². The number of hydrogen-bond acceptors (Lipinski definition) is 2. The number of hydrogen-bond donors (Lipinski definition) is 1. The van der Waals surface area contributed by atoms with E-state index in [1.54, 1.807) is 6.92 Å². The van der Waals surface area contributed by atoms with Gasteiger partial charge in [0.15, 0.2) is 0 Å². The molecule has 0 unspecified atom stereocenters. The molecule has 0 saturated heterocycles. The second-order valence-electron chi connectivity index (χ2n) is 4.16. The Bertz CT molecular complexity index is 258. The highest BCUT2D eigenvalue weighted by Crippen LogP contribution is 2.55. The Morgan fingerprint density at radius 1 is 1.67 bits per heavy atom. The standard InChI is InChI=1S/C9H12O3/c1-9-3-2-5(4-6(9)10)7(9)8(11)12/h5,7H,2-4H2,1H3,(H,11,12)/t5-,7+,9+/m0/s1. The SMILES string of the molecule is C[C@@]12CC[C@@H](CC1=O)[C@@H]2C(=O)O. The third kappa shape index (κ3) is 0.713. The summed E-state index contributed by atoms with van der Waals surface area (Å²) in [7, 11) is 0. The molecular weight excluding hydrogens is 156 g/mol. The lowest BCUT2D eigenvalue weighted by molar-refractivity contribution is -0.147. The van der Waals surface area contributed by atoms with Gasteiger partial charge in [-0.1, -0.05) is 6.92 Å². The molecule has 0 aromatic heterocycles. The van der Waals surface area contributed by atoms with Gasteiger partial charge >= 0.3 is 5.97 Å². The van der Waals surface area contributed by atoms with E-state index in [0.29, 0.717) is 6.42 Å². The van der Waals surface area contributed by atoms with Gasteiger partial charge in [-0.3, -0.25) is 9.59 Å². The maximum Gasteiger partial charge on any atom is 0.307 e. The Morgan fingerprint density at radius 3 is 2.58 bits per heavy atom. The number of carboxylic acid groups (broad SMARTS) is 1. The summed E-state index contributed by atoms with van der Waals surface area (Å²) in [5.74, 6) is -0.901. The molecule has 0 heterocycles. The summed E-state index contributed by atoms with van der Waals surface area (Å²) < 4.78 is 0. The largest absolute Gasteiger partial charge is 0.481 e. The van der Waals surface area contributed by atoms with E-state index in [-0.39, 0.29) is 11.7 Å². The first-order valence-corrected chi connectivity index (χ1v) is 4.32. The normalized spacial score (nSPS) is 45.2. The summed E-state index contributed by atoms with van der Waals surface area (Å²) in [6.45, 7) is 1.81. The van der Waals surface area contributed by atoms with E-state index in [2.05, 4.69) is 0 Å². The quantitative estimate of drug-likeness (QED) is 0.637. The first-order valence-electron chi connectivity index (χ1n) is 4.32. The zero-order valence-corrected chi connectivity index (χ0v) is 7.04. The molecule has 0 spiro atoms. The van der Waals surface area contributed by atoms with Crippen LogP contribution in [0.25, 0.3) is 0 Å². The molecule has 0 radical (unpaired) electrons. The number of fused-ring (bicyclic) bond motifs is 2. The van der Waals surface area contributed by atoms with Crippen molar-refractivity contribution < 1.29 is 14.7 Å². The molecule has 66 valence electrons. The molecule has 2 saturated carbocycles. The predicted molar refractivity (Wildman–Crippen MR) is 41.6 cm³/mol. The first-order chi connectivity index (χ1) is 5.55. The van der Waals surface area contributed by atoms with Crippen molar-refractivity contribution in [1.29, 1.82) is 0 Å². The molecule has 3 heteroatoms. The van der Waals surface area contributed by atoms with Gasteiger partial charge in [-0.2, -0.15) is 0 Å². The van der Waals surface area contributed by atoms with Gasteiger partial charge in [0.25, 0.3) is 0 Å². The highest BCUT2D eigenvalue weighted by molar-refractivity contribution is 5.94. The molecule has 0 amide bonds. The first kappa shape index (κ1) is 7.77. The van der Waals surface area contributed by atoms with Crippen molar-refractivity contribution in [3.8, 4) is 0 Å². The molecule has 2 fully saturated rings. The summed E-state index contributed by atoms with van der Waals surface area (Å²) in [4.78, 5) is 22.3. The fourth-order valence-electron chi connectivity index (χ4n) is 2.81.